The van der Waals surface area contributed by atoms with Gasteiger partial charge in [0.15, 0.2) is 0 Å². The van der Waals surface area contributed by atoms with E-state index in [-0.39, 0.29) is 12.1 Å². The fraction of sp³-hybridized carbons (Fsp3) is 0.538. The highest BCUT2D eigenvalue weighted by atomic mass is 32.2. The van der Waals surface area contributed by atoms with Crippen LogP contribution in [-0.2, 0) is 10.0 Å². The van der Waals surface area contributed by atoms with Crippen molar-refractivity contribution >= 4 is 21.7 Å². The number of pyridine rings is 1. The first kappa shape index (κ1) is 15.7. The minimum absolute atomic E-state index is 0.0394. The maximum atomic E-state index is 12.1. The fourth-order valence-electron chi connectivity index (χ4n) is 2.34. The number of sulfonamides is 1. The summed E-state index contributed by atoms with van der Waals surface area (Å²) >= 11 is 0. The molecule has 0 aliphatic carbocycles. The first-order valence-electron chi connectivity index (χ1n) is 6.77. The van der Waals surface area contributed by atoms with E-state index in [9.17, 15) is 13.2 Å². The van der Waals surface area contributed by atoms with Crippen LogP contribution in [0.5, 0.6) is 0 Å². The van der Waals surface area contributed by atoms with Crippen molar-refractivity contribution in [2.45, 2.75) is 18.9 Å². The molecule has 8 heteroatoms. The molecule has 0 spiro atoms. The lowest BCUT2D eigenvalue weighted by molar-refractivity contribution is 0.175. The van der Waals surface area contributed by atoms with Crippen LogP contribution < -0.4 is 5.32 Å². The van der Waals surface area contributed by atoms with Crippen LogP contribution in [0.15, 0.2) is 24.5 Å². The molecular formula is C13H20N4O3S. The summed E-state index contributed by atoms with van der Waals surface area (Å²) in [4.78, 5) is 17.7. The summed E-state index contributed by atoms with van der Waals surface area (Å²) in [5.41, 5.74) is 0.651. The molecule has 2 rings (SSSR count). The van der Waals surface area contributed by atoms with E-state index >= 15 is 0 Å². The predicted molar refractivity (Wildman–Crippen MR) is 80.5 cm³/mol. The van der Waals surface area contributed by atoms with Gasteiger partial charge >= 0.3 is 6.03 Å². The molecule has 1 aliphatic heterocycles. The van der Waals surface area contributed by atoms with Crippen LogP contribution >= 0.6 is 0 Å². The van der Waals surface area contributed by atoms with Gasteiger partial charge in [-0.3, -0.25) is 4.98 Å². The highest BCUT2D eigenvalue weighted by Crippen LogP contribution is 2.18. The molecule has 1 aromatic heterocycles. The molecule has 1 aromatic rings. The first-order valence-corrected chi connectivity index (χ1v) is 8.61. The standard InChI is InChI=1S/C13H20N4O3S/c1-16(21(2,19)20)12-5-8-17(9-6-12)13(18)15-11-4-3-7-14-10-11/h3-4,7,10,12H,5-6,8-9H2,1-2H3,(H,15,18). The molecule has 0 aromatic carbocycles. The number of likely N-dealkylation sites (tertiary alicyclic amines) is 1. The molecule has 0 unspecified atom stereocenters. The number of piperidine rings is 1. The zero-order valence-corrected chi connectivity index (χ0v) is 13.0. The Balaban J connectivity index is 1.88. The summed E-state index contributed by atoms with van der Waals surface area (Å²) in [7, 11) is -1.59. The summed E-state index contributed by atoms with van der Waals surface area (Å²) in [5.74, 6) is 0. The molecule has 0 saturated carbocycles. The van der Waals surface area contributed by atoms with Crippen molar-refractivity contribution in [3.8, 4) is 0 Å². The fourth-order valence-corrected chi connectivity index (χ4v) is 3.09. The van der Waals surface area contributed by atoms with Gasteiger partial charge in [0.05, 0.1) is 18.1 Å². The molecule has 21 heavy (non-hydrogen) atoms. The number of urea groups is 1. The minimum atomic E-state index is -3.18. The molecule has 1 fully saturated rings. The molecule has 1 aliphatic rings. The van der Waals surface area contributed by atoms with E-state index in [1.165, 1.54) is 10.6 Å². The number of hydrogen-bond donors (Lipinski definition) is 1. The molecule has 2 amide bonds. The Bertz CT molecular complexity index is 583. The SMILES string of the molecule is CN(C1CCN(C(=O)Nc2cccnc2)CC1)S(C)(=O)=O. The molecule has 0 atom stereocenters. The average molecular weight is 312 g/mol. The Kier molecular flexibility index (Phi) is 4.79. The topological polar surface area (TPSA) is 82.6 Å². The number of nitrogens with one attached hydrogen (secondary N) is 1. The highest BCUT2D eigenvalue weighted by Gasteiger charge is 2.28. The molecule has 1 N–H and O–H groups in total. The van der Waals surface area contributed by atoms with Gasteiger partial charge in [-0.2, -0.15) is 0 Å². The third kappa shape index (κ3) is 4.15. The maximum Gasteiger partial charge on any atom is 0.321 e. The normalized spacial score (nSPS) is 17.0. The van der Waals surface area contributed by atoms with Gasteiger partial charge in [-0.25, -0.2) is 17.5 Å². The lowest BCUT2D eigenvalue weighted by atomic mass is 10.1. The van der Waals surface area contributed by atoms with Crippen LogP contribution in [0.1, 0.15) is 12.8 Å². The average Bonchev–Trinajstić information content (AvgIpc) is 2.46. The lowest BCUT2D eigenvalue weighted by Gasteiger charge is -2.35. The number of rotatable bonds is 3. The van der Waals surface area contributed by atoms with Gasteiger partial charge in [0.25, 0.3) is 0 Å². The molecule has 7 nitrogen and oxygen atoms in total. The van der Waals surface area contributed by atoms with Gasteiger partial charge in [0, 0.05) is 32.4 Å². The smallest absolute Gasteiger partial charge is 0.321 e. The summed E-state index contributed by atoms with van der Waals surface area (Å²) in [6.07, 6.45) is 5.72. The van der Waals surface area contributed by atoms with Crippen molar-refractivity contribution in [1.29, 1.82) is 0 Å². The zero-order valence-electron chi connectivity index (χ0n) is 12.2. The van der Waals surface area contributed by atoms with E-state index in [1.807, 2.05) is 0 Å². The summed E-state index contributed by atoms with van der Waals surface area (Å²) in [6.45, 7) is 1.08. The number of anilines is 1. The number of amides is 2. The Morgan fingerprint density at radius 2 is 2.10 bits per heavy atom. The van der Waals surface area contributed by atoms with Gasteiger partial charge < -0.3 is 10.2 Å². The minimum Gasteiger partial charge on any atom is -0.324 e. The lowest BCUT2D eigenvalue weighted by Crippen LogP contribution is -2.48. The second-order valence-corrected chi connectivity index (χ2v) is 7.21. The molecule has 0 radical (unpaired) electrons. The number of nitrogens with zero attached hydrogens (tertiary/aromatic N) is 3. The second-order valence-electron chi connectivity index (χ2n) is 5.17. The Morgan fingerprint density at radius 3 is 2.62 bits per heavy atom. The van der Waals surface area contributed by atoms with Crippen LogP contribution in [0, 0.1) is 0 Å². The van der Waals surface area contributed by atoms with E-state index in [0.717, 1.165) is 0 Å². The third-order valence-electron chi connectivity index (χ3n) is 3.70. The Morgan fingerprint density at radius 1 is 1.43 bits per heavy atom. The van der Waals surface area contributed by atoms with E-state index in [1.54, 1.807) is 36.5 Å². The number of carbonyl (C=O) groups is 1. The Hall–Kier alpha value is -1.67. The second kappa shape index (κ2) is 6.40. The number of carbonyl (C=O) groups excluding carboxylic acids is 1. The van der Waals surface area contributed by atoms with Crippen LogP contribution in [0.4, 0.5) is 10.5 Å². The van der Waals surface area contributed by atoms with E-state index in [2.05, 4.69) is 10.3 Å². The Labute approximate surface area is 125 Å². The van der Waals surface area contributed by atoms with E-state index in [0.29, 0.717) is 31.6 Å². The molecule has 1 saturated heterocycles. The van der Waals surface area contributed by atoms with E-state index in [4.69, 9.17) is 0 Å². The van der Waals surface area contributed by atoms with Gasteiger partial charge in [0.1, 0.15) is 0 Å². The van der Waals surface area contributed by atoms with E-state index < -0.39 is 10.0 Å². The van der Waals surface area contributed by atoms with Crippen molar-refractivity contribution in [2.75, 3.05) is 31.7 Å². The maximum absolute atomic E-state index is 12.1. The predicted octanol–water partition coefficient (Wildman–Crippen LogP) is 0.969. The van der Waals surface area contributed by atoms with Gasteiger partial charge in [-0.05, 0) is 25.0 Å². The van der Waals surface area contributed by atoms with Crippen molar-refractivity contribution in [3.05, 3.63) is 24.5 Å². The molecule has 116 valence electrons. The number of hydrogen-bond acceptors (Lipinski definition) is 4. The van der Waals surface area contributed by atoms with Crippen molar-refractivity contribution in [2.24, 2.45) is 0 Å². The first-order chi connectivity index (χ1) is 9.88. The highest BCUT2D eigenvalue weighted by molar-refractivity contribution is 7.88. The van der Waals surface area contributed by atoms with Gasteiger partial charge in [-0.1, -0.05) is 0 Å². The van der Waals surface area contributed by atoms with Crippen LogP contribution in [0.2, 0.25) is 0 Å². The molecule has 0 bridgehead atoms. The van der Waals surface area contributed by atoms with Gasteiger partial charge in [0.2, 0.25) is 10.0 Å². The molecule has 2 heterocycles. The summed E-state index contributed by atoms with van der Waals surface area (Å²) < 4.78 is 24.4. The van der Waals surface area contributed by atoms with Crippen molar-refractivity contribution in [3.63, 3.8) is 0 Å². The molecular weight excluding hydrogens is 292 g/mol. The largest absolute Gasteiger partial charge is 0.324 e. The zero-order chi connectivity index (χ0) is 15.5. The summed E-state index contributed by atoms with van der Waals surface area (Å²) in [5, 5.41) is 2.78. The van der Waals surface area contributed by atoms with Crippen molar-refractivity contribution < 1.29 is 13.2 Å². The van der Waals surface area contributed by atoms with Crippen LogP contribution in [0.25, 0.3) is 0 Å². The van der Waals surface area contributed by atoms with Crippen LogP contribution in [-0.4, -0.2) is 61.1 Å². The quantitative estimate of drug-likeness (QED) is 0.901. The third-order valence-corrected chi connectivity index (χ3v) is 5.05. The summed E-state index contributed by atoms with van der Waals surface area (Å²) in [6, 6.07) is 3.31. The number of aromatic nitrogens is 1. The van der Waals surface area contributed by atoms with Crippen LogP contribution in [0.3, 0.4) is 0 Å². The monoisotopic (exact) mass is 312 g/mol. The van der Waals surface area contributed by atoms with Crippen molar-refractivity contribution in [1.82, 2.24) is 14.2 Å². The van der Waals surface area contributed by atoms with Gasteiger partial charge in [-0.15, -0.1) is 0 Å².